The summed E-state index contributed by atoms with van der Waals surface area (Å²) < 4.78 is 55.9. The number of unbranched alkanes of at least 4 members (excludes halogenated alkanes) is 6. The molecule has 1 atom stereocenters. The van der Waals surface area contributed by atoms with Crippen LogP contribution < -0.4 is 0 Å². The second-order valence-corrected chi connectivity index (χ2v) is 7.60. The number of hydrogen-bond acceptors (Lipinski definition) is 3. The number of ether oxygens (including phenoxy) is 3. The summed E-state index contributed by atoms with van der Waals surface area (Å²) >= 11 is 0. The summed E-state index contributed by atoms with van der Waals surface area (Å²) in [4.78, 5) is 0. The lowest BCUT2D eigenvalue weighted by molar-refractivity contribution is -0.302. The largest absolute Gasteiger partial charge is 0.416 e. The summed E-state index contributed by atoms with van der Waals surface area (Å²) in [5, 5.41) is 0. The number of rotatable bonds is 17. The van der Waals surface area contributed by atoms with Gasteiger partial charge >= 0.3 is 6.18 Å². The molecule has 6 heteroatoms. The van der Waals surface area contributed by atoms with E-state index in [-0.39, 0.29) is 6.10 Å². The van der Waals surface area contributed by atoms with Crippen LogP contribution in [0.25, 0.3) is 0 Å². The van der Waals surface area contributed by atoms with Gasteiger partial charge in [0.1, 0.15) is 0 Å². The number of halogens is 3. The predicted molar refractivity (Wildman–Crippen MR) is 114 cm³/mol. The Labute approximate surface area is 180 Å². The lowest BCUT2D eigenvalue weighted by Gasteiger charge is -2.24. The van der Waals surface area contributed by atoms with Crippen LogP contribution in [0.1, 0.15) is 89.7 Å². The molecule has 0 heterocycles. The van der Waals surface area contributed by atoms with Crippen LogP contribution in [0.15, 0.2) is 24.3 Å². The maximum atomic E-state index is 13.0. The second kappa shape index (κ2) is 15.7. The second-order valence-electron chi connectivity index (χ2n) is 7.60. The van der Waals surface area contributed by atoms with Crippen molar-refractivity contribution < 1.29 is 27.4 Å². The van der Waals surface area contributed by atoms with Gasteiger partial charge in [0.15, 0.2) is 0 Å². The van der Waals surface area contributed by atoms with Crippen molar-refractivity contribution >= 4 is 0 Å². The zero-order valence-electron chi connectivity index (χ0n) is 18.8. The van der Waals surface area contributed by atoms with Crippen molar-refractivity contribution in [3.05, 3.63) is 35.4 Å². The zero-order valence-corrected chi connectivity index (χ0v) is 18.8. The zero-order chi connectivity index (χ0) is 22.2. The molecule has 30 heavy (non-hydrogen) atoms. The summed E-state index contributed by atoms with van der Waals surface area (Å²) in [6.07, 6.45) is 6.01. The Morgan fingerprint density at radius 2 is 1.47 bits per heavy atom. The molecule has 174 valence electrons. The van der Waals surface area contributed by atoms with Gasteiger partial charge in [-0.25, -0.2) is 0 Å². The van der Waals surface area contributed by atoms with E-state index in [1.807, 2.05) is 13.8 Å². The van der Waals surface area contributed by atoms with E-state index in [0.29, 0.717) is 31.6 Å². The topological polar surface area (TPSA) is 27.7 Å². The van der Waals surface area contributed by atoms with Crippen LogP contribution in [0.4, 0.5) is 13.2 Å². The van der Waals surface area contributed by atoms with Crippen LogP contribution >= 0.6 is 0 Å². The first-order chi connectivity index (χ1) is 14.4. The molecule has 1 aromatic carbocycles. The van der Waals surface area contributed by atoms with Crippen LogP contribution in [0, 0.1) is 0 Å². The van der Waals surface area contributed by atoms with Gasteiger partial charge in [0, 0.05) is 13.2 Å². The summed E-state index contributed by atoms with van der Waals surface area (Å²) in [5.41, 5.74) is 0.0633. The van der Waals surface area contributed by atoms with Crippen LogP contribution in [0.3, 0.4) is 0 Å². The molecular weight excluding hydrogens is 393 g/mol. The average Bonchev–Trinajstić information content (AvgIpc) is 2.71. The normalized spacial score (nSPS) is 13.2. The van der Waals surface area contributed by atoms with E-state index in [1.165, 1.54) is 44.2 Å². The molecule has 0 aromatic heterocycles. The molecule has 0 aliphatic heterocycles. The molecule has 0 N–H and O–H groups in total. The number of hydrogen-bond donors (Lipinski definition) is 0. The first-order valence-electron chi connectivity index (χ1n) is 11.4. The molecule has 1 unspecified atom stereocenters. The van der Waals surface area contributed by atoms with E-state index in [4.69, 9.17) is 14.2 Å². The van der Waals surface area contributed by atoms with Crippen molar-refractivity contribution in [2.45, 2.75) is 104 Å². The highest BCUT2D eigenvalue weighted by Gasteiger charge is 2.30. The van der Waals surface area contributed by atoms with Gasteiger partial charge in [-0.15, -0.1) is 0 Å². The fraction of sp³-hybridized carbons (Fsp3) is 0.750. The van der Waals surface area contributed by atoms with Crippen LogP contribution in [0.5, 0.6) is 0 Å². The number of aryl methyl sites for hydroxylation is 1. The van der Waals surface area contributed by atoms with Crippen molar-refractivity contribution in [3.8, 4) is 0 Å². The highest BCUT2D eigenvalue weighted by Crippen LogP contribution is 2.30. The van der Waals surface area contributed by atoms with Crippen molar-refractivity contribution in [2.24, 2.45) is 0 Å². The Morgan fingerprint density at radius 3 is 2.07 bits per heavy atom. The molecule has 0 spiro atoms. The molecule has 1 rings (SSSR count). The summed E-state index contributed by atoms with van der Waals surface area (Å²) in [6.45, 7) is 6.19. The van der Waals surface area contributed by atoms with Gasteiger partial charge in [0.25, 0.3) is 6.48 Å². The molecule has 3 nitrogen and oxygen atoms in total. The average molecular weight is 433 g/mol. The molecule has 0 saturated carbocycles. The third-order valence-corrected chi connectivity index (χ3v) is 5.05. The number of benzene rings is 1. The summed E-state index contributed by atoms with van der Waals surface area (Å²) in [7, 11) is 0. The van der Waals surface area contributed by atoms with E-state index in [9.17, 15) is 13.2 Å². The minimum absolute atomic E-state index is 0.113. The third kappa shape index (κ3) is 11.9. The van der Waals surface area contributed by atoms with E-state index in [1.54, 1.807) is 6.07 Å². The standard InChI is InChI=1S/C24H39F3O3/c1-4-7-8-9-10-11-12-16-22(30-23(28-5-2)29-6-3)18-17-20-14-13-15-21(19-20)24(25,26)27/h13-15,19,22-23H,4-12,16-18H2,1-3H3. The molecule has 1 aromatic rings. The third-order valence-electron chi connectivity index (χ3n) is 5.05. The molecule has 0 aliphatic rings. The van der Waals surface area contributed by atoms with Crippen molar-refractivity contribution in [2.75, 3.05) is 13.2 Å². The first kappa shape index (κ1) is 26.9. The fourth-order valence-corrected chi connectivity index (χ4v) is 3.40. The first-order valence-corrected chi connectivity index (χ1v) is 11.4. The van der Waals surface area contributed by atoms with Gasteiger partial charge in [-0.1, -0.05) is 70.1 Å². The van der Waals surface area contributed by atoms with Crippen LogP contribution in [-0.2, 0) is 26.8 Å². The Hall–Kier alpha value is -1.11. The molecule has 0 amide bonds. The Balaban J connectivity index is 2.61. The quantitative estimate of drug-likeness (QED) is 0.188. The maximum Gasteiger partial charge on any atom is 0.416 e. The van der Waals surface area contributed by atoms with E-state index in [2.05, 4.69) is 6.92 Å². The van der Waals surface area contributed by atoms with Gasteiger partial charge in [0.05, 0.1) is 11.7 Å². The Morgan fingerprint density at radius 1 is 0.833 bits per heavy atom. The Kier molecular flexibility index (Phi) is 14.1. The molecule has 0 saturated heterocycles. The van der Waals surface area contributed by atoms with Crippen molar-refractivity contribution in [1.29, 1.82) is 0 Å². The SMILES string of the molecule is CCCCCCCCCC(CCc1cccc(C(F)(F)F)c1)OC(OCC)OCC. The lowest BCUT2D eigenvalue weighted by atomic mass is 10.00. The Bertz CT molecular complexity index is 543. The lowest BCUT2D eigenvalue weighted by Crippen LogP contribution is -2.28. The van der Waals surface area contributed by atoms with Crippen LogP contribution in [0.2, 0.25) is 0 Å². The fourth-order valence-electron chi connectivity index (χ4n) is 3.40. The van der Waals surface area contributed by atoms with E-state index >= 15 is 0 Å². The predicted octanol–water partition coefficient (Wildman–Crippen LogP) is 7.52. The van der Waals surface area contributed by atoms with Gasteiger partial charge in [-0.3, -0.25) is 0 Å². The maximum absolute atomic E-state index is 13.0. The molecule has 0 fully saturated rings. The molecule has 0 radical (unpaired) electrons. The molecular formula is C24H39F3O3. The van der Waals surface area contributed by atoms with E-state index in [0.717, 1.165) is 25.3 Å². The van der Waals surface area contributed by atoms with Gasteiger partial charge in [0.2, 0.25) is 0 Å². The summed E-state index contributed by atoms with van der Waals surface area (Å²) in [6, 6.07) is 5.54. The molecule has 0 aliphatic carbocycles. The number of alkyl halides is 3. The highest BCUT2D eigenvalue weighted by molar-refractivity contribution is 5.25. The van der Waals surface area contributed by atoms with Crippen molar-refractivity contribution in [1.82, 2.24) is 0 Å². The highest BCUT2D eigenvalue weighted by atomic mass is 19.4. The summed E-state index contributed by atoms with van der Waals surface area (Å²) in [5.74, 6) is 0. The van der Waals surface area contributed by atoms with Crippen molar-refractivity contribution in [3.63, 3.8) is 0 Å². The minimum atomic E-state index is -4.32. The van der Waals surface area contributed by atoms with Crippen LogP contribution in [-0.4, -0.2) is 25.8 Å². The molecule has 0 bridgehead atoms. The van der Waals surface area contributed by atoms with Gasteiger partial charge in [-0.2, -0.15) is 13.2 Å². The van der Waals surface area contributed by atoms with Gasteiger partial charge < -0.3 is 14.2 Å². The smallest absolute Gasteiger partial charge is 0.330 e. The minimum Gasteiger partial charge on any atom is -0.330 e. The van der Waals surface area contributed by atoms with E-state index < -0.39 is 18.2 Å². The van der Waals surface area contributed by atoms with Gasteiger partial charge in [-0.05, 0) is 44.7 Å². The monoisotopic (exact) mass is 432 g/mol.